The van der Waals surface area contributed by atoms with Gasteiger partial charge in [-0.2, -0.15) is 0 Å². The Kier molecular flexibility index (Phi) is 7.00. The smallest absolute Gasteiger partial charge is 0.191 e. The topological polar surface area (TPSA) is 58.1 Å². The van der Waals surface area contributed by atoms with Gasteiger partial charge in [-0.3, -0.25) is 4.99 Å². The summed E-state index contributed by atoms with van der Waals surface area (Å²) in [5.74, 6) is 1.75. The van der Waals surface area contributed by atoms with E-state index in [0.29, 0.717) is 12.6 Å². The van der Waals surface area contributed by atoms with E-state index in [1.807, 2.05) is 25.1 Å². The van der Waals surface area contributed by atoms with Crippen LogP contribution in [0.3, 0.4) is 0 Å². The number of rotatable bonds is 7. The summed E-state index contributed by atoms with van der Waals surface area (Å²) >= 11 is 0. The van der Waals surface area contributed by atoms with Gasteiger partial charge in [0.15, 0.2) is 5.96 Å². The number of nitrogens with one attached hydrogen (secondary N) is 2. The number of benzene rings is 1. The van der Waals surface area contributed by atoms with Gasteiger partial charge in [-0.1, -0.05) is 12.1 Å². The van der Waals surface area contributed by atoms with E-state index in [2.05, 4.69) is 26.6 Å². The van der Waals surface area contributed by atoms with E-state index < -0.39 is 0 Å². The average molecular weight is 320 g/mol. The highest BCUT2D eigenvalue weighted by molar-refractivity contribution is 5.80. The number of ether oxygens (including phenoxy) is 2. The van der Waals surface area contributed by atoms with E-state index in [1.165, 1.54) is 0 Å². The fourth-order valence-corrected chi connectivity index (χ4v) is 2.76. The lowest BCUT2D eigenvalue weighted by Gasteiger charge is -2.22. The molecule has 128 valence electrons. The number of methoxy groups -OCH3 is 1. The molecule has 1 aliphatic heterocycles. The van der Waals surface area contributed by atoms with E-state index in [-0.39, 0.29) is 0 Å². The van der Waals surface area contributed by atoms with Crippen LogP contribution in [0.5, 0.6) is 5.75 Å². The lowest BCUT2D eigenvalue weighted by Crippen LogP contribution is -2.45. The molecule has 0 bridgehead atoms. The molecule has 1 saturated heterocycles. The maximum absolute atomic E-state index is 5.46. The molecule has 1 aromatic rings. The van der Waals surface area contributed by atoms with Gasteiger partial charge in [0, 0.05) is 39.3 Å². The number of aliphatic imine (C=N–C) groups is 1. The quantitative estimate of drug-likeness (QED) is 0.453. The largest absolute Gasteiger partial charge is 0.495 e. The van der Waals surface area contributed by atoms with Crippen molar-refractivity contribution >= 4 is 11.6 Å². The summed E-state index contributed by atoms with van der Waals surface area (Å²) in [6.45, 7) is 6.13. The predicted octanol–water partition coefficient (Wildman–Crippen LogP) is 1.48. The van der Waals surface area contributed by atoms with Crippen molar-refractivity contribution in [1.29, 1.82) is 0 Å². The van der Waals surface area contributed by atoms with Crippen LogP contribution in [0.4, 0.5) is 5.69 Å². The van der Waals surface area contributed by atoms with Gasteiger partial charge in [-0.15, -0.1) is 0 Å². The second-order valence-corrected chi connectivity index (χ2v) is 5.44. The molecule has 6 nitrogen and oxygen atoms in total. The second kappa shape index (κ2) is 9.25. The van der Waals surface area contributed by atoms with Crippen LogP contribution in [0, 0.1) is 0 Å². The molecule has 1 fully saturated rings. The van der Waals surface area contributed by atoms with Crippen LogP contribution in [0.25, 0.3) is 0 Å². The molecule has 0 radical (unpaired) electrons. The van der Waals surface area contributed by atoms with Crippen LogP contribution in [0.15, 0.2) is 29.3 Å². The zero-order chi connectivity index (χ0) is 16.5. The molecule has 2 rings (SSSR count). The highest BCUT2D eigenvalue weighted by Gasteiger charge is 2.25. The third-order valence-corrected chi connectivity index (χ3v) is 3.92. The van der Waals surface area contributed by atoms with Gasteiger partial charge in [0.05, 0.1) is 19.4 Å². The number of para-hydroxylation sites is 2. The summed E-state index contributed by atoms with van der Waals surface area (Å²) in [4.78, 5) is 6.63. The Morgan fingerprint density at radius 3 is 2.96 bits per heavy atom. The average Bonchev–Trinajstić information content (AvgIpc) is 3.06. The van der Waals surface area contributed by atoms with Gasteiger partial charge in [0.25, 0.3) is 0 Å². The second-order valence-electron chi connectivity index (χ2n) is 5.44. The van der Waals surface area contributed by atoms with Crippen LogP contribution >= 0.6 is 0 Å². The van der Waals surface area contributed by atoms with Crippen LogP contribution in [0.1, 0.15) is 13.3 Å². The predicted molar refractivity (Wildman–Crippen MR) is 94.6 cm³/mol. The first-order valence-corrected chi connectivity index (χ1v) is 8.21. The van der Waals surface area contributed by atoms with Crippen molar-refractivity contribution in [2.24, 2.45) is 4.99 Å². The Balaban J connectivity index is 1.84. The van der Waals surface area contributed by atoms with Gasteiger partial charge in [-0.25, -0.2) is 0 Å². The monoisotopic (exact) mass is 320 g/mol. The van der Waals surface area contributed by atoms with Gasteiger partial charge < -0.3 is 25.0 Å². The molecule has 23 heavy (non-hydrogen) atoms. The SMILES string of the molecule is CCOCCNC(=NC)NC1CCN(c2ccccc2OC)C1. The van der Waals surface area contributed by atoms with Crippen LogP contribution < -0.4 is 20.3 Å². The molecule has 0 aromatic heterocycles. The Morgan fingerprint density at radius 1 is 1.39 bits per heavy atom. The molecule has 0 amide bonds. The molecule has 1 heterocycles. The summed E-state index contributed by atoms with van der Waals surface area (Å²) in [6.07, 6.45) is 1.07. The van der Waals surface area contributed by atoms with Crippen molar-refractivity contribution in [3.05, 3.63) is 24.3 Å². The fourth-order valence-electron chi connectivity index (χ4n) is 2.76. The number of guanidine groups is 1. The maximum atomic E-state index is 5.46. The fraction of sp³-hybridized carbons (Fsp3) is 0.588. The molecular formula is C17H28N4O2. The molecule has 1 aliphatic rings. The van der Waals surface area contributed by atoms with Crippen molar-refractivity contribution < 1.29 is 9.47 Å². The van der Waals surface area contributed by atoms with Crippen molar-refractivity contribution in [3.8, 4) is 5.75 Å². The summed E-state index contributed by atoms with van der Waals surface area (Å²) in [6, 6.07) is 8.53. The molecule has 1 aromatic carbocycles. The van der Waals surface area contributed by atoms with E-state index in [9.17, 15) is 0 Å². The third kappa shape index (κ3) is 5.03. The molecule has 0 aliphatic carbocycles. The lowest BCUT2D eigenvalue weighted by molar-refractivity contribution is 0.152. The summed E-state index contributed by atoms with van der Waals surface area (Å²) in [7, 11) is 3.51. The number of nitrogens with zero attached hydrogens (tertiary/aromatic N) is 2. The van der Waals surface area contributed by atoms with Crippen molar-refractivity contribution in [1.82, 2.24) is 10.6 Å². The number of hydrogen-bond acceptors (Lipinski definition) is 4. The normalized spacial score (nSPS) is 18.1. The standard InChI is InChI=1S/C17H28N4O2/c1-4-23-12-10-19-17(18-2)20-14-9-11-21(13-14)15-7-5-6-8-16(15)22-3/h5-8,14H,4,9-13H2,1-3H3,(H2,18,19,20). The van der Waals surface area contributed by atoms with Gasteiger partial charge >= 0.3 is 0 Å². The minimum absolute atomic E-state index is 0.373. The molecule has 6 heteroatoms. The summed E-state index contributed by atoms with van der Waals surface area (Å²) in [5, 5.41) is 6.76. The van der Waals surface area contributed by atoms with Crippen molar-refractivity contribution in [2.75, 3.05) is 51.9 Å². The maximum Gasteiger partial charge on any atom is 0.191 e. The zero-order valence-electron chi connectivity index (χ0n) is 14.3. The van der Waals surface area contributed by atoms with Crippen molar-refractivity contribution in [2.45, 2.75) is 19.4 Å². The Labute approximate surface area is 138 Å². The number of anilines is 1. The van der Waals surface area contributed by atoms with E-state index in [0.717, 1.165) is 50.1 Å². The van der Waals surface area contributed by atoms with Crippen molar-refractivity contribution in [3.63, 3.8) is 0 Å². The van der Waals surface area contributed by atoms with Crippen LogP contribution in [-0.4, -0.2) is 59.0 Å². The van der Waals surface area contributed by atoms with E-state index in [4.69, 9.17) is 9.47 Å². The Hall–Kier alpha value is -1.95. The van der Waals surface area contributed by atoms with Gasteiger partial charge in [0.2, 0.25) is 0 Å². The molecule has 1 unspecified atom stereocenters. The minimum atomic E-state index is 0.373. The zero-order valence-corrected chi connectivity index (χ0v) is 14.3. The highest BCUT2D eigenvalue weighted by atomic mass is 16.5. The minimum Gasteiger partial charge on any atom is -0.495 e. The molecule has 0 saturated carbocycles. The Bertz CT molecular complexity index is 507. The number of hydrogen-bond donors (Lipinski definition) is 2. The van der Waals surface area contributed by atoms with Gasteiger partial charge in [-0.05, 0) is 25.5 Å². The summed E-state index contributed by atoms with van der Waals surface area (Å²) < 4.78 is 10.8. The first-order chi connectivity index (χ1) is 11.3. The lowest BCUT2D eigenvalue weighted by atomic mass is 10.2. The first kappa shape index (κ1) is 17.4. The Morgan fingerprint density at radius 2 is 2.22 bits per heavy atom. The van der Waals surface area contributed by atoms with E-state index >= 15 is 0 Å². The molecule has 1 atom stereocenters. The summed E-state index contributed by atoms with van der Waals surface area (Å²) in [5.41, 5.74) is 1.15. The van der Waals surface area contributed by atoms with Gasteiger partial charge in [0.1, 0.15) is 5.75 Å². The van der Waals surface area contributed by atoms with Crippen LogP contribution in [-0.2, 0) is 4.74 Å². The molecule has 2 N–H and O–H groups in total. The molecular weight excluding hydrogens is 292 g/mol. The molecule has 0 spiro atoms. The van der Waals surface area contributed by atoms with Crippen LogP contribution in [0.2, 0.25) is 0 Å². The third-order valence-electron chi connectivity index (χ3n) is 3.92. The first-order valence-electron chi connectivity index (χ1n) is 8.21. The van der Waals surface area contributed by atoms with E-state index in [1.54, 1.807) is 14.2 Å². The highest BCUT2D eigenvalue weighted by Crippen LogP contribution is 2.30.